The molecule has 6 nitrogen and oxygen atoms in total. The Morgan fingerprint density at radius 1 is 1.19 bits per heavy atom. The summed E-state index contributed by atoms with van der Waals surface area (Å²) in [5.74, 6) is 0.732. The van der Waals surface area contributed by atoms with Crippen LogP contribution in [0.25, 0.3) is 21.9 Å². The van der Waals surface area contributed by atoms with Crippen molar-refractivity contribution in [3.05, 3.63) is 30.7 Å². The predicted octanol–water partition coefficient (Wildman–Crippen LogP) is 3.39. The minimum absolute atomic E-state index is 0.243. The monoisotopic (exact) mass is 363 g/mol. The van der Waals surface area contributed by atoms with E-state index in [1.807, 2.05) is 18.6 Å². The molecule has 0 unspecified atom stereocenters. The number of carbonyl (C=O) groups is 1. The van der Waals surface area contributed by atoms with E-state index >= 15 is 0 Å². The van der Waals surface area contributed by atoms with Crippen LogP contribution in [-0.4, -0.2) is 40.0 Å². The molecule has 0 bridgehead atoms. The number of carbonyl (C=O) groups excluding carboxylic acids is 1. The van der Waals surface area contributed by atoms with Crippen LogP contribution in [0.4, 0.5) is 5.69 Å². The fourth-order valence-corrected chi connectivity index (χ4v) is 4.38. The molecule has 3 aromatic rings. The molecule has 0 aromatic carbocycles. The maximum absolute atomic E-state index is 12.2. The zero-order valence-electron chi connectivity index (χ0n) is 15.4. The Labute approximate surface area is 158 Å². The maximum atomic E-state index is 12.2. The van der Waals surface area contributed by atoms with Crippen molar-refractivity contribution in [3.63, 3.8) is 0 Å². The average molecular weight is 363 g/mol. The molecule has 27 heavy (non-hydrogen) atoms. The van der Waals surface area contributed by atoms with Crippen molar-refractivity contribution < 1.29 is 4.79 Å². The van der Waals surface area contributed by atoms with E-state index in [0.717, 1.165) is 55.3 Å². The Hall–Kier alpha value is -2.63. The Balaban J connectivity index is 1.31. The van der Waals surface area contributed by atoms with Gasteiger partial charge in [-0.05, 0) is 50.2 Å². The van der Waals surface area contributed by atoms with Crippen LogP contribution in [0.15, 0.2) is 30.7 Å². The molecule has 5 rings (SSSR count). The topological polar surface area (TPSA) is 73.9 Å². The van der Waals surface area contributed by atoms with Crippen molar-refractivity contribution in [2.24, 2.45) is 5.92 Å². The van der Waals surface area contributed by atoms with Gasteiger partial charge in [0, 0.05) is 54.4 Å². The Morgan fingerprint density at radius 3 is 2.81 bits per heavy atom. The van der Waals surface area contributed by atoms with Crippen LogP contribution in [0.1, 0.15) is 38.5 Å². The summed E-state index contributed by atoms with van der Waals surface area (Å²) in [6.45, 7) is 1.96. The number of pyridine rings is 2. The van der Waals surface area contributed by atoms with Crippen LogP contribution < -0.4 is 10.2 Å². The average Bonchev–Trinajstić information content (AvgIpc) is 3.14. The first-order valence-electron chi connectivity index (χ1n) is 10.0. The summed E-state index contributed by atoms with van der Waals surface area (Å²) in [4.78, 5) is 26.8. The fraction of sp³-hybridized carbons (Fsp3) is 0.476. The highest BCUT2D eigenvalue weighted by atomic mass is 16.1. The van der Waals surface area contributed by atoms with Crippen molar-refractivity contribution in [1.29, 1.82) is 0 Å². The zero-order chi connectivity index (χ0) is 18.2. The summed E-state index contributed by atoms with van der Waals surface area (Å²) < 4.78 is 0. The van der Waals surface area contributed by atoms with E-state index in [1.54, 1.807) is 0 Å². The number of hydrogen-bond donors (Lipinski definition) is 2. The van der Waals surface area contributed by atoms with Crippen molar-refractivity contribution >= 4 is 33.5 Å². The van der Waals surface area contributed by atoms with Gasteiger partial charge in [-0.1, -0.05) is 0 Å². The molecule has 2 fully saturated rings. The summed E-state index contributed by atoms with van der Waals surface area (Å²) in [5.41, 5.74) is 3.06. The van der Waals surface area contributed by atoms with Gasteiger partial charge < -0.3 is 15.2 Å². The largest absolute Gasteiger partial charge is 0.371 e. The van der Waals surface area contributed by atoms with E-state index in [-0.39, 0.29) is 5.91 Å². The first-order chi connectivity index (χ1) is 13.3. The fourth-order valence-electron chi connectivity index (χ4n) is 4.38. The van der Waals surface area contributed by atoms with Gasteiger partial charge in [0.05, 0.1) is 11.7 Å². The predicted molar refractivity (Wildman–Crippen MR) is 107 cm³/mol. The van der Waals surface area contributed by atoms with Crippen molar-refractivity contribution in [2.45, 2.75) is 44.6 Å². The molecule has 1 aliphatic carbocycles. The lowest BCUT2D eigenvalue weighted by molar-refractivity contribution is -0.123. The second-order valence-electron chi connectivity index (χ2n) is 7.92. The van der Waals surface area contributed by atoms with Crippen LogP contribution in [-0.2, 0) is 4.79 Å². The SMILES string of the molecule is O=C(CC1CCN(c2ccnc3cnc4[nH]ccc4c23)CC1)NC1CCC1. The maximum Gasteiger partial charge on any atom is 0.220 e. The molecule has 0 atom stereocenters. The summed E-state index contributed by atoms with van der Waals surface area (Å²) >= 11 is 0. The molecule has 1 saturated heterocycles. The molecule has 4 heterocycles. The first-order valence-corrected chi connectivity index (χ1v) is 10.0. The van der Waals surface area contributed by atoms with E-state index in [1.165, 1.54) is 17.5 Å². The van der Waals surface area contributed by atoms with Gasteiger partial charge >= 0.3 is 0 Å². The number of nitrogens with zero attached hydrogens (tertiary/aromatic N) is 3. The third-order valence-electron chi connectivity index (χ3n) is 6.17. The highest BCUT2D eigenvalue weighted by molar-refractivity contribution is 6.09. The van der Waals surface area contributed by atoms with Crippen LogP contribution in [0.2, 0.25) is 0 Å². The van der Waals surface area contributed by atoms with Gasteiger partial charge in [-0.15, -0.1) is 0 Å². The lowest BCUT2D eigenvalue weighted by Crippen LogP contribution is -2.41. The molecule has 6 heteroatoms. The highest BCUT2D eigenvalue weighted by Crippen LogP contribution is 2.33. The second kappa shape index (κ2) is 6.83. The summed E-state index contributed by atoms with van der Waals surface area (Å²) in [6.07, 6.45) is 12.0. The van der Waals surface area contributed by atoms with Crippen LogP contribution in [0.3, 0.4) is 0 Å². The summed E-state index contributed by atoms with van der Waals surface area (Å²) in [5, 5.41) is 5.47. The van der Waals surface area contributed by atoms with E-state index in [4.69, 9.17) is 0 Å². The molecule has 1 saturated carbocycles. The van der Waals surface area contributed by atoms with Crippen molar-refractivity contribution in [1.82, 2.24) is 20.3 Å². The first kappa shape index (κ1) is 16.5. The third kappa shape index (κ3) is 3.13. The molecule has 1 amide bonds. The number of piperidine rings is 1. The number of H-pyrrole nitrogens is 1. The number of hydrogen-bond acceptors (Lipinski definition) is 4. The Kier molecular flexibility index (Phi) is 4.19. The molecule has 0 radical (unpaired) electrons. The zero-order valence-corrected chi connectivity index (χ0v) is 15.4. The number of fused-ring (bicyclic) bond motifs is 3. The molecule has 140 valence electrons. The second-order valence-corrected chi connectivity index (χ2v) is 7.92. The number of amides is 1. The Bertz CT molecular complexity index is 969. The third-order valence-corrected chi connectivity index (χ3v) is 6.17. The smallest absolute Gasteiger partial charge is 0.220 e. The molecule has 2 aliphatic rings. The van der Waals surface area contributed by atoms with Gasteiger partial charge in [0.2, 0.25) is 5.91 Å². The number of rotatable bonds is 4. The van der Waals surface area contributed by atoms with Gasteiger partial charge in [0.1, 0.15) is 5.65 Å². The number of aromatic amines is 1. The number of anilines is 1. The van der Waals surface area contributed by atoms with Crippen LogP contribution in [0, 0.1) is 5.92 Å². The molecule has 3 aromatic heterocycles. The minimum atomic E-state index is 0.243. The standard InChI is InChI=1S/C21H25N5O/c27-19(25-15-2-1-3-15)12-14-6-10-26(11-7-14)18-5-9-22-17-13-24-21-16(20(17)18)4-8-23-21/h4-5,8-9,13-15H,1-3,6-7,10-12H2,(H,23,24)(H,25,27). The lowest BCUT2D eigenvalue weighted by Gasteiger charge is -2.34. The van der Waals surface area contributed by atoms with Gasteiger partial charge in [-0.3, -0.25) is 9.78 Å². The quantitative estimate of drug-likeness (QED) is 0.745. The van der Waals surface area contributed by atoms with Gasteiger partial charge in [-0.25, -0.2) is 4.98 Å². The van der Waals surface area contributed by atoms with Crippen molar-refractivity contribution in [2.75, 3.05) is 18.0 Å². The number of nitrogens with one attached hydrogen (secondary N) is 2. The van der Waals surface area contributed by atoms with E-state index in [2.05, 4.69) is 37.3 Å². The van der Waals surface area contributed by atoms with Crippen LogP contribution >= 0.6 is 0 Å². The van der Waals surface area contributed by atoms with Gasteiger partial charge in [0.15, 0.2) is 0 Å². The molecular weight excluding hydrogens is 338 g/mol. The number of aromatic nitrogens is 3. The van der Waals surface area contributed by atoms with Crippen molar-refractivity contribution in [3.8, 4) is 0 Å². The van der Waals surface area contributed by atoms with E-state index < -0.39 is 0 Å². The van der Waals surface area contributed by atoms with E-state index in [0.29, 0.717) is 18.4 Å². The van der Waals surface area contributed by atoms with Gasteiger partial charge in [0.25, 0.3) is 0 Å². The summed E-state index contributed by atoms with van der Waals surface area (Å²) in [6, 6.07) is 4.63. The molecule has 0 spiro atoms. The Morgan fingerprint density at radius 2 is 2.04 bits per heavy atom. The van der Waals surface area contributed by atoms with E-state index in [9.17, 15) is 4.79 Å². The lowest BCUT2D eigenvalue weighted by atomic mass is 9.90. The summed E-state index contributed by atoms with van der Waals surface area (Å²) in [7, 11) is 0. The molecular formula is C21H25N5O. The van der Waals surface area contributed by atoms with Crippen LogP contribution in [0.5, 0.6) is 0 Å². The minimum Gasteiger partial charge on any atom is -0.371 e. The normalized spacial score (nSPS) is 18.7. The van der Waals surface area contributed by atoms with Gasteiger partial charge in [-0.2, -0.15) is 0 Å². The molecule has 1 aliphatic heterocycles. The highest BCUT2D eigenvalue weighted by Gasteiger charge is 2.25. The molecule has 2 N–H and O–H groups in total.